The van der Waals surface area contributed by atoms with Gasteiger partial charge in [0.25, 0.3) is 5.96 Å². The quantitative estimate of drug-likeness (QED) is 0.0300. The Hall–Kier alpha value is -6.11. The van der Waals surface area contributed by atoms with E-state index in [0.717, 1.165) is 18.4 Å². The zero-order valence-electron chi connectivity index (χ0n) is 34.2. The third kappa shape index (κ3) is 13.7. The zero-order valence-corrected chi connectivity index (χ0v) is 34.2. The summed E-state index contributed by atoms with van der Waals surface area (Å²) in [6, 6.07) is 12.0. The first-order chi connectivity index (χ1) is 28.8. The normalized spacial score (nSPS) is 18.4. The molecule has 326 valence electrons. The average Bonchev–Trinajstić information content (AvgIpc) is 3.94. The summed E-state index contributed by atoms with van der Waals surface area (Å²) in [7, 11) is 0. The Morgan fingerprint density at radius 3 is 2.18 bits per heavy atom. The van der Waals surface area contributed by atoms with Gasteiger partial charge in [-0.2, -0.15) is 0 Å². The average molecular weight is 836 g/mol. The Kier molecular flexibility index (Phi) is 18.2. The summed E-state index contributed by atoms with van der Waals surface area (Å²) in [5.41, 5.74) is 12.8. The molecule has 19 heteroatoms. The van der Waals surface area contributed by atoms with E-state index in [1.54, 1.807) is 54.6 Å². The van der Waals surface area contributed by atoms with Crippen molar-refractivity contribution < 1.29 is 43.3 Å². The minimum absolute atomic E-state index is 0.0428. The number of hydrogen-bond acceptors (Lipinski definition) is 11. The number of unbranched alkanes of at least 4 members (excludes halogenated alkanes) is 2. The SMILES string of the molecule is CCCCCC(NC(=O)C(N)C(C)OC(=O)c1ccccc1)C(=O)N1CCCC1C(=O)N1CCCC1C(=O)NC(CCCNC(N)=N[N+](=O)[O-])C(=O)OCc1ccccc1. The van der Waals surface area contributed by atoms with Crippen molar-refractivity contribution in [3.63, 3.8) is 0 Å². The molecule has 0 bridgehead atoms. The molecular formula is C41H57N9O10. The van der Waals surface area contributed by atoms with Crippen LogP contribution in [0.15, 0.2) is 65.8 Å². The molecule has 2 aromatic carbocycles. The van der Waals surface area contributed by atoms with E-state index in [2.05, 4.69) is 21.1 Å². The Labute approximate surface area is 349 Å². The van der Waals surface area contributed by atoms with Gasteiger partial charge in [-0.05, 0) is 69.6 Å². The highest BCUT2D eigenvalue weighted by molar-refractivity contribution is 5.96. The number of rotatable bonds is 21. The molecule has 2 saturated heterocycles. The first kappa shape index (κ1) is 46.6. The molecule has 6 atom stereocenters. The van der Waals surface area contributed by atoms with Crippen molar-refractivity contribution in [3.05, 3.63) is 81.9 Å². The number of esters is 2. The molecule has 60 heavy (non-hydrogen) atoms. The van der Waals surface area contributed by atoms with Gasteiger partial charge in [-0.25, -0.2) is 19.7 Å². The molecule has 2 fully saturated rings. The number of guanidine groups is 1. The maximum Gasteiger partial charge on any atom is 0.338 e. The fraction of sp³-hybridized carbons (Fsp3) is 0.537. The van der Waals surface area contributed by atoms with E-state index in [1.165, 1.54) is 16.7 Å². The van der Waals surface area contributed by atoms with Gasteiger partial charge >= 0.3 is 11.9 Å². The summed E-state index contributed by atoms with van der Waals surface area (Å²) < 4.78 is 11.0. The topological polar surface area (TPSA) is 271 Å². The van der Waals surface area contributed by atoms with Gasteiger partial charge < -0.3 is 46.7 Å². The van der Waals surface area contributed by atoms with E-state index < -0.39 is 82.9 Å². The Balaban J connectivity index is 1.42. The number of carbonyl (C=O) groups is 6. The highest BCUT2D eigenvalue weighted by Crippen LogP contribution is 2.26. The van der Waals surface area contributed by atoms with Crippen LogP contribution in [0.5, 0.6) is 0 Å². The van der Waals surface area contributed by atoms with E-state index in [4.69, 9.17) is 20.9 Å². The van der Waals surface area contributed by atoms with Crippen LogP contribution in [0.2, 0.25) is 0 Å². The lowest BCUT2D eigenvalue weighted by atomic mass is 10.0. The molecule has 4 amide bonds. The van der Waals surface area contributed by atoms with Crippen LogP contribution in [0.4, 0.5) is 0 Å². The minimum atomic E-state index is -1.28. The monoisotopic (exact) mass is 835 g/mol. The number of nitrogens with zero attached hydrogens (tertiary/aromatic N) is 4. The van der Waals surface area contributed by atoms with Crippen LogP contribution in [-0.4, -0.2) is 112 Å². The highest BCUT2D eigenvalue weighted by atomic mass is 16.7. The number of hydrazone groups is 1. The van der Waals surface area contributed by atoms with Crippen LogP contribution in [0.1, 0.15) is 94.0 Å². The van der Waals surface area contributed by atoms with Crippen LogP contribution in [0, 0.1) is 10.1 Å². The number of nitrogens with one attached hydrogen (secondary N) is 3. The molecular weight excluding hydrogens is 779 g/mol. The molecule has 6 unspecified atom stereocenters. The summed E-state index contributed by atoms with van der Waals surface area (Å²) in [4.78, 5) is 95.2. The van der Waals surface area contributed by atoms with Crippen LogP contribution in [0.25, 0.3) is 0 Å². The summed E-state index contributed by atoms with van der Waals surface area (Å²) in [5, 5.41) is 20.8. The molecule has 2 aliphatic rings. The van der Waals surface area contributed by atoms with Crippen LogP contribution in [0.3, 0.4) is 0 Å². The fourth-order valence-corrected chi connectivity index (χ4v) is 7.20. The van der Waals surface area contributed by atoms with Crippen LogP contribution in [-0.2, 0) is 40.1 Å². The zero-order chi connectivity index (χ0) is 43.6. The molecule has 2 aliphatic heterocycles. The van der Waals surface area contributed by atoms with E-state index in [9.17, 15) is 38.9 Å². The van der Waals surface area contributed by atoms with Crippen molar-refractivity contribution in [2.45, 2.75) is 121 Å². The number of likely N-dealkylation sites (tertiary alicyclic amines) is 2. The van der Waals surface area contributed by atoms with Gasteiger partial charge in [0.05, 0.1) is 5.56 Å². The van der Waals surface area contributed by atoms with Crippen molar-refractivity contribution in [1.82, 2.24) is 25.8 Å². The molecule has 2 heterocycles. The van der Waals surface area contributed by atoms with Gasteiger partial charge in [0.1, 0.15) is 48.0 Å². The molecule has 7 N–H and O–H groups in total. The first-order valence-electron chi connectivity index (χ1n) is 20.5. The van der Waals surface area contributed by atoms with Gasteiger partial charge in [-0.15, -0.1) is 0 Å². The van der Waals surface area contributed by atoms with Crippen molar-refractivity contribution in [2.75, 3.05) is 19.6 Å². The first-order valence-corrected chi connectivity index (χ1v) is 20.5. The predicted molar refractivity (Wildman–Crippen MR) is 219 cm³/mol. The number of ether oxygens (including phenoxy) is 2. The number of amides is 4. The molecule has 0 saturated carbocycles. The molecule has 19 nitrogen and oxygen atoms in total. The molecule has 0 radical (unpaired) electrons. The Morgan fingerprint density at radius 2 is 1.52 bits per heavy atom. The van der Waals surface area contributed by atoms with Crippen molar-refractivity contribution in [1.29, 1.82) is 0 Å². The lowest BCUT2D eigenvalue weighted by molar-refractivity contribution is -0.485. The number of nitro groups is 1. The van der Waals surface area contributed by atoms with E-state index in [0.29, 0.717) is 44.1 Å². The fourth-order valence-electron chi connectivity index (χ4n) is 7.20. The molecule has 4 rings (SSSR count). The Bertz CT molecular complexity index is 1820. The number of nitrogens with two attached hydrogens (primary N) is 2. The second-order valence-electron chi connectivity index (χ2n) is 14.9. The minimum Gasteiger partial charge on any atom is -0.459 e. The van der Waals surface area contributed by atoms with Crippen LogP contribution >= 0.6 is 0 Å². The largest absolute Gasteiger partial charge is 0.459 e. The standard InChI is InChI=1S/C41H57N9O10/c1-3-4-7-19-30(45-36(52)34(42)27(2)60-39(55)29-17-10-6-11-18-29)37(53)49-25-14-22-33(49)38(54)48-24-13-21-32(48)35(51)46-31(20-12-23-44-41(43)47-50(57)58)40(56)59-26-28-15-8-5-9-16-28/h5-6,8-11,15-18,27,30-34H,3-4,7,12-14,19-26,42H2,1-2H3,(H,45,52)(H,46,51)(H3,43,44,47). The number of carbonyl (C=O) groups excluding carboxylic acids is 6. The maximum atomic E-state index is 14.3. The third-order valence-corrected chi connectivity index (χ3v) is 10.5. The number of benzene rings is 2. The summed E-state index contributed by atoms with van der Waals surface area (Å²) in [5.74, 6) is -3.88. The molecule has 0 spiro atoms. The Morgan fingerprint density at radius 1 is 0.883 bits per heavy atom. The molecule has 0 aromatic heterocycles. The lowest BCUT2D eigenvalue weighted by Gasteiger charge is -2.33. The molecule has 0 aliphatic carbocycles. The van der Waals surface area contributed by atoms with Gasteiger partial charge in [-0.3, -0.25) is 19.2 Å². The van der Waals surface area contributed by atoms with Gasteiger partial charge in [0.2, 0.25) is 23.6 Å². The van der Waals surface area contributed by atoms with Gasteiger partial charge in [0.15, 0.2) is 5.03 Å². The number of hydrogen-bond donors (Lipinski definition) is 5. The highest BCUT2D eigenvalue weighted by Gasteiger charge is 2.44. The molecule has 2 aromatic rings. The third-order valence-electron chi connectivity index (χ3n) is 10.5. The van der Waals surface area contributed by atoms with Gasteiger partial charge in [-0.1, -0.05) is 74.7 Å². The van der Waals surface area contributed by atoms with E-state index in [-0.39, 0.29) is 39.1 Å². The van der Waals surface area contributed by atoms with E-state index in [1.807, 2.05) is 13.0 Å². The summed E-state index contributed by atoms with van der Waals surface area (Å²) >= 11 is 0. The van der Waals surface area contributed by atoms with Crippen LogP contribution < -0.4 is 27.4 Å². The smallest absolute Gasteiger partial charge is 0.338 e. The van der Waals surface area contributed by atoms with Gasteiger partial charge in [0, 0.05) is 19.6 Å². The van der Waals surface area contributed by atoms with Crippen molar-refractivity contribution in [3.8, 4) is 0 Å². The van der Waals surface area contributed by atoms with E-state index >= 15 is 0 Å². The maximum absolute atomic E-state index is 14.3. The second kappa shape index (κ2) is 23.5. The summed E-state index contributed by atoms with van der Waals surface area (Å²) in [6.45, 7) is 4.08. The van der Waals surface area contributed by atoms with Crippen molar-refractivity contribution in [2.24, 2.45) is 16.6 Å². The lowest BCUT2D eigenvalue weighted by Crippen LogP contribution is -2.58. The van der Waals surface area contributed by atoms with Crippen molar-refractivity contribution >= 4 is 41.5 Å². The second-order valence-corrected chi connectivity index (χ2v) is 14.9. The summed E-state index contributed by atoms with van der Waals surface area (Å²) in [6.07, 6.45) is 3.57. The predicted octanol–water partition coefficient (Wildman–Crippen LogP) is 1.71.